The Morgan fingerprint density at radius 2 is 2.15 bits per heavy atom. The van der Waals surface area contributed by atoms with E-state index >= 15 is 0 Å². The highest BCUT2D eigenvalue weighted by Gasteiger charge is 2.33. The quantitative estimate of drug-likeness (QED) is 0.769. The summed E-state index contributed by atoms with van der Waals surface area (Å²) >= 11 is 4.47. The molecule has 2 aliphatic rings. The van der Waals surface area contributed by atoms with Crippen molar-refractivity contribution >= 4 is 40.5 Å². The van der Waals surface area contributed by atoms with Crippen molar-refractivity contribution in [2.75, 3.05) is 29.4 Å². The minimum Gasteiger partial charge on any atom is -0.442 e. The molecule has 0 aliphatic carbocycles. The number of alkyl halides is 2. The second-order valence-electron chi connectivity index (χ2n) is 6.02. The lowest BCUT2D eigenvalue weighted by Crippen LogP contribution is -2.36. The molecule has 1 N–H and O–H groups in total. The normalized spacial score (nSPS) is 19.6. The van der Waals surface area contributed by atoms with Crippen molar-refractivity contribution in [3.63, 3.8) is 0 Å². The number of hydrogen-bond acceptors (Lipinski definition) is 5. The number of ketones is 1. The Morgan fingerprint density at radius 1 is 1.37 bits per heavy atom. The summed E-state index contributed by atoms with van der Waals surface area (Å²) in [4.78, 5) is 25.5. The Hall–Kier alpha value is -2.62. The summed E-state index contributed by atoms with van der Waals surface area (Å²) in [6, 6.07) is 4.26. The molecule has 1 atom stereocenters. The van der Waals surface area contributed by atoms with Crippen molar-refractivity contribution in [2.45, 2.75) is 19.0 Å². The minimum absolute atomic E-state index is 0.0194. The number of nitrogens with one attached hydrogen (secondary N) is 1. The summed E-state index contributed by atoms with van der Waals surface area (Å²) in [6.45, 7) is 0.391. The molecular formula is C17H16F3N3O3S. The molecule has 27 heavy (non-hydrogen) atoms. The van der Waals surface area contributed by atoms with Crippen LogP contribution in [0.4, 0.5) is 29.3 Å². The van der Waals surface area contributed by atoms with Crippen LogP contribution >= 0.6 is 12.2 Å². The molecule has 0 bridgehead atoms. The van der Waals surface area contributed by atoms with Crippen LogP contribution in [0.25, 0.3) is 0 Å². The van der Waals surface area contributed by atoms with E-state index in [2.05, 4.69) is 17.5 Å². The van der Waals surface area contributed by atoms with Crippen molar-refractivity contribution in [3.05, 3.63) is 36.3 Å². The average Bonchev–Trinajstić information content (AvgIpc) is 3.01. The summed E-state index contributed by atoms with van der Waals surface area (Å²) in [5, 5.41) is 2.35. The van der Waals surface area contributed by atoms with Gasteiger partial charge in [0.05, 0.1) is 24.5 Å². The maximum Gasteiger partial charge on any atom is 0.414 e. The Labute approximate surface area is 158 Å². The summed E-state index contributed by atoms with van der Waals surface area (Å²) in [6.07, 6.45) is -0.967. The monoisotopic (exact) mass is 399 g/mol. The zero-order valence-corrected chi connectivity index (χ0v) is 14.8. The number of anilines is 2. The first-order valence-corrected chi connectivity index (χ1v) is 8.57. The van der Waals surface area contributed by atoms with E-state index in [0.29, 0.717) is 13.0 Å². The molecule has 0 aromatic heterocycles. The molecule has 1 amide bonds. The zero-order chi connectivity index (χ0) is 19.6. The molecule has 1 aromatic carbocycles. The van der Waals surface area contributed by atoms with Crippen LogP contribution in [0, 0.1) is 5.82 Å². The van der Waals surface area contributed by atoms with Crippen LogP contribution in [0.3, 0.4) is 0 Å². The fraction of sp³-hybridized carbons (Fsp3) is 0.353. The van der Waals surface area contributed by atoms with E-state index in [1.165, 1.54) is 29.3 Å². The van der Waals surface area contributed by atoms with Gasteiger partial charge >= 0.3 is 6.09 Å². The molecule has 6 nitrogen and oxygen atoms in total. The molecule has 10 heteroatoms. The molecular weight excluding hydrogens is 383 g/mol. The average molecular weight is 399 g/mol. The second kappa shape index (κ2) is 7.95. The largest absolute Gasteiger partial charge is 0.442 e. The van der Waals surface area contributed by atoms with E-state index in [1.54, 1.807) is 11.0 Å². The number of halogens is 3. The molecule has 1 aromatic rings. The van der Waals surface area contributed by atoms with Gasteiger partial charge in [-0.2, -0.15) is 0 Å². The van der Waals surface area contributed by atoms with Crippen LogP contribution in [0.15, 0.2) is 30.5 Å². The number of allylic oxidation sites excluding steroid dienone is 1. The maximum atomic E-state index is 14.5. The lowest BCUT2D eigenvalue weighted by molar-refractivity contribution is -0.114. The number of hydrogen-bond donors (Lipinski definition) is 1. The van der Waals surface area contributed by atoms with Crippen LogP contribution in [-0.2, 0) is 9.53 Å². The SMILES string of the molecule is O=C1C=CN(c2ccc(N3CC(CNC(=S)C(F)F)OC3=O)cc2F)CC1. The van der Waals surface area contributed by atoms with Gasteiger partial charge in [-0.3, -0.25) is 9.69 Å². The first-order valence-electron chi connectivity index (χ1n) is 8.16. The molecule has 144 valence electrons. The number of nitrogens with zero attached hydrogens (tertiary/aromatic N) is 2. The maximum absolute atomic E-state index is 14.5. The van der Waals surface area contributed by atoms with Gasteiger partial charge in [-0.05, 0) is 24.3 Å². The highest BCUT2D eigenvalue weighted by molar-refractivity contribution is 7.80. The summed E-state index contributed by atoms with van der Waals surface area (Å²) in [7, 11) is 0. The van der Waals surface area contributed by atoms with Gasteiger partial charge in [0.1, 0.15) is 16.9 Å². The summed E-state index contributed by atoms with van der Waals surface area (Å²) in [5.74, 6) is -0.575. The van der Waals surface area contributed by atoms with E-state index < -0.39 is 29.4 Å². The van der Waals surface area contributed by atoms with Crippen LogP contribution in [0.2, 0.25) is 0 Å². The predicted molar refractivity (Wildman–Crippen MR) is 96.7 cm³/mol. The van der Waals surface area contributed by atoms with Gasteiger partial charge in [-0.1, -0.05) is 12.2 Å². The van der Waals surface area contributed by atoms with Crippen molar-refractivity contribution in [1.29, 1.82) is 0 Å². The first kappa shape index (κ1) is 19.2. The summed E-state index contributed by atoms with van der Waals surface area (Å²) < 4.78 is 44.4. The highest BCUT2D eigenvalue weighted by Crippen LogP contribution is 2.29. The Morgan fingerprint density at radius 3 is 2.78 bits per heavy atom. The number of thiocarbonyl (C=S) groups is 1. The summed E-state index contributed by atoms with van der Waals surface area (Å²) in [5.41, 5.74) is 0.577. The second-order valence-corrected chi connectivity index (χ2v) is 6.46. The molecule has 3 rings (SSSR count). The predicted octanol–water partition coefficient (Wildman–Crippen LogP) is 2.63. The van der Waals surface area contributed by atoms with Crippen molar-refractivity contribution in [2.24, 2.45) is 0 Å². The van der Waals surface area contributed by atoms with Gasteiger partial charge in [0.25, 0.3) is 6.43 Å². The molecule has 0 radical (unpaired) electrons. The van der Waals surface area contributed by atoms with Crippen LogP contribution in [0.5, 0.6) is 0 Å². The van der Waals surface area contributed by atoms with Gasteiger partial charge < -0.3 is 15.0 Å². The molecule has 1 saturated heterocycles. The molecule has 1 fully saturated rings. The Bertz CT molecular complexity index is 803. The number of benzene rings is 1. The fourth-order valence-corrected chi connectivity index (χ4v) is 2.87. The Kier molecular flexibility index (Phi) is 5.64. The third-order valence-corrected chi connectivity index (χ3v) is 4.49. The van der Waals surface area contributed by atoms with Crippen molar-refractivity contribution in [3.8, 4) is 0 Å². The number of rotatable bonds is 5. The first-order chi connectivity index (χ1) is 12.8. The number of cyclic esters (lactones) is 1. The van der Waals surface area contributed by atoms with E-state index in [9.17, 15) is 22.8 Å². The molecule has 0 saturated carbocycles. The van der Waals surface area contributed by atoms with Gasteiger partial charge in [-0.15, -0.1) is 0 Å². The number of carbonyl (C=O) groups is 2. The van der Waals surface area contributed by atoms with Gasteiger partial charge in [0.2, 0.25) is 0 Å². The Balaban J connectivity index is 1.67. The van der Waals surface area contributed by atoms with E-state index in [0.717, 1.165) is 0 Å². The zero-order valence-electron chi connectivity index (χ0n) is 14.0. The number of ether oxygens (including phenoxy) is 1. The molecule has 2 aliphatic heterocycles. The smallest absolute Gasteiger partial charge is 0.414 e. The minimum atomic E-state index is -2.78. The lowest BCUT2D eigenvalue weighted by Gasteiger charge is -2.24. The van der Waals surface area contributed by atoms with Crippen molar-refractivity contribution < 1.29 is 27.5 Å². The third kappa shape index (κ3) is 4.38. The van der Waals surface area contributed by atoms with E-state index in [4.69, 9.17) is 4.74 Å². The van der Waals surface area contributed by atoms with E-state index in [1.807, 2.05) is 0 Å². The molecule has 1 unspecified atom stereocenters. The van der Waals surface area contributed by atoms with Crippen LogP contribution in [0.1, 0.15) is 6.42 Å². The van der Waals surface area contributed by atoms with Gasteiger partial charge in [0, 0.05) is 19.2 Å². The molecule has 0 spiro atoms. The van der Waals surface area contributed by atoms with Gasteiger partial charge in [-0.25, -0.2) is 18.0 Å². The van der Waals surface area contributed by atoms with E-state index in [-0.39, 0.29) is 30.2 Å². The molecule has 2 heterocycles. The highest BCUT2D eigenvalue weighted by atomic mass is 32.1. The van der Waals surface area contributed by atoms with Gasteiger partial charge in [0.15, 0.2) is 5.78 Å². The standard InChI is InChI=1S/C17H16F3N3O3S/c18-13-7-10(1-2-14(13)22-5-3-11(24)4-6-22)23-9-12(26-17(23)25)8-21-16(27)15(19)20/h1-3,5,7,12,15H,4,6,8-9H2,(H,21,27). The third-order valence-electron chi connectivity index (χ3n) is 4.17. The number of carbonyl (C=O) groups excluding carboxylic acids is 2. The lowest BCUT2D eigenvalue weighted by atomic mass is 10.1. The topological polar surface area (TPSA) is 61.9 Å². The van der Waals surface area contributed by atoms with Crippen molar-refractivity contribution in [1.82, 2.24) is 5.32 Å². The van der Waals surface area contributed by atoms with Crippen LogP contribution < -0.4 is 15.1 Å². The van der Waals surface area contributed by atoms with Crippen LogP contribution in [-0.4, -0.2) is 49.0 Å². The number of amides is 1. The fourth-order valence-electron chi connectivity index (χ4n) is 2.79.